The molecule has 0 aliphatic heterocycles. The van der Waals surface area contributed by atoms with Crippen molar-refractivity contribution in [3.63, 3.8) is 0 Å². The van der Waals surface area contributed by atoms with E-state index in [-0.39, 0.29) is 5.91 Å². The molecule has 0 bridgehead atoms. The van der Waals surface area contributed by atoms with Gasteiger partial charge in [0.05, 0.1) is 0 Å². The predicted octanol–water partition coefficient (Wildman–Crippen LogP) is 5.74. The number of carbonyl (C=O) groups excluding carboxylic acids is 1. The molecule has 0 unspecified atom stereocenters. The molecule has 3 heteroatoms. The molecule has 144 valence electrons. The van der Waals surface area contributed by atoms with Crippen LogP contribution < -0.4 is 5.32 Å². The van der Waals surface area contributed by atoms with Crippen LogP contribution in [0.15, 0.2) is 0 Å². The highest BCUT2D eigenvalue weighted by molar-refractivity contribution is 5.79. The van der Waals surface area contributed by atoms with Crippen molar-refractivity contribution in [3.8, 4) is 0 Å². The van der Waals surface area contributed by atoms with Crippen molar-refractivity contribution in [1.82, 2.24) is 5.32 Å². The Balaban J connectivity index is 3.04. The van der Waals surface area contributed by atoms with Gasteiger partial charge in [-0.25, -0.2) is 0 Å². The second-order valence-electron chi connectivity index (χ2n) is 7.27. The lowest BCUT2D eigenvalue weighted by Crippen LogP contribution is -2.33. The fourth-order valence-corrected chi connectivity index (χ4v) is 3.03. The minimum atomic E-state index is -0.883. The highest BCUT2D eigenvalue weighted by atomic mass is 16.3. The molecular weight excluding hydrogens is 298 g/mol. The van der Waals surface area contributed by atoms with Crippen LogP contribution in [0.4, 0.5) is 0 Å². The normalized spacial score (nSPS) is 12.3. The number of aliphatic hydroxyl groups is 1. The van der Waals surface area contributed by atoms with Crippen LogP contribution in [-0.2, 0) is 4.79 Å². The first-order chi connectivity index (χ1) is 11.7. The molecule has 0 aromatic carbocycles. The number of hydrogen-bond donors (Lipinski definition) is 2. The molecule has 2 N–H and O–H groups in total. The number of nitrogens with one attached hydrogen (secondary N) is 1. The van der Waals surface area contributed by atoms with E-state index in [1.807, 2.05) is 0 Å². The SMILES string of the molecule is CCCCCCCCCCCCCCCCCCNC(=O)[C@H](C)O. The van der Waals surface area contributed by atoms with E-state index < -0.39 is 6.10 Å². The fourth-order valence-electron chi connectivity index (χ4n) is 3.03. The first-order valence-electron chi connectivity index (χ1n) is 10.6. The average molecular weight is 342 g/mol. The number of amides is 1. The first-order valence-corrected chi connectivity index (χ1v) is 10.6. The Morgan fingerprint density at radius 3 is 1.38 bits per heavy atom. The fraction of sp³-hybridized carbons (Fsp3) is 0.952. The third-order valence-electron chi connectivity index (χ3n) is 4.71. The van der Waals surface area contributed by atoms with Crippen LogP contribution in [0.2, 0.25) is 0 Å². The summed E-state index contributed by atoms with van der Waals surface area (Å²) in [4.78, 5) is 11.1. The van der Waals surface area contributed by atoms with E-state index in [2.05, 4.69) is 12.2 Å². The second-order valence-corrected chi connectivity index (χ2v) is 7.27. The molecule has 0 fully saturated rings. The van der Waals surface area contributed by atoms with E-state index in [0.29, 0.717) is 6.54 Å². The topological polar surface area (TPSA) is 49.3 Å². The lowest BCUT2D eigenvalue weighted by Gasteiger charge is -2.06. The van der Waals surface area contributed by atoms with E-state index in [1.165, 1.54) is 103 Å². The van der Waals surface area contributed by atoms with E-state index in [9.17, 15) is 4.79 Å². The third kappa shape index (κ3) is 17.8. The summed E-state index contributed by atoms with van der Waals surface area (Å²) in [7, 11) is 0. The molecule has 0 saturated heterocycles. The van der Waals surface area contributed by atoms with E-state index in [4.69, 9.17) is 5.11 Å². The lowest BCUT2D eigenvalue weighted by molar-refractivity contribution is -0.128. The third-order valence-corrected chi connectivity index (χ3v) is 4.71. The number of rotatable bonds is 18. The van der Waals surface area contributed by atoms with Crippen molar-refractivity contribution >= 4 is 5.91 Å². The lowest BCUT2D eigenvalue weighted by atomic mass is 10.0. The van der Waals surface area contributed by atoms with Crippen LogP contribution in [-0.4, -0.2) is 23.7 Å². The average Bonchev–Trinajstić information content (AvgIpc) is 2.57. The number of unbranched alkanes of at least 4 members (excludes halogenated alkanes) is 15. The van der Waals surface area contributed by atoms with Gasteiger partial charge in [-0.05, 0) is 13.3 Å². The Morgan fingerprint density at radius 2 is 1.04 bits per heavy atom. The predicted molar refractivity (Wildman–Crippen MR) is 104 cm³/mol. The van der Waals surface area contributed by atoms with Gasteiger partial charge in [0.25, 0.3) is 0 Å². The van der Waals surface area contributed by atoms with Crippen LogP contribution >= 0.6 is 0 Å². The Kier molecular flexibility index (Phi) is 18.3. The molecule has 1 amide bonds. The minimum absolute atomic E-state index is 0.254. The molecule has 0 aromatic rings. The maximum atomic E-state index is 11.1. The number of hydrogen-bond acceptors (Lipinski definition) is 2. The highest BCUT2D eigenvalue weighted by Crippen LogP contribution is 2.13. The molecule has 0 spiro atoms. The molecule has 3 nitrogen and oxygen atoms in total. The van der Waals surface area contributed by atoms with Gasteiger partial charge < -0.3 is 10.4 Å². The van der Waals surface area contributed by atoms with Gasteiger partial charge in [-0.2, -0.15) is 0 Å². The molecule has 0 rings (SSSR count). The molecule has 0 aromatic heterocycles. The Morgan fingerprint density at radius 1 is 0.708 bits per heavy atom. The van der Waals surface area contributed by atoms with Crippen molar-refractivity contribution in [2.24, 2.45) is 0 Å². The monoisotopic (exact) mass is 341 g/mol. The highest BCUT2D eigenvalue weighted by Gasteiger charge is 2.06. The molecular formula is C21H43NO2. The van der Waals surface area contributed by atoms with Crippen LogP contribution in [0.1, 0.15) is 117 Å². The maximum absolute atomic E-state index is 11.1. The second kappa shape index (κ2) is 18.8. The summed E-state index contributed by atoms with van der Waals surface area (Å²) in [5.41, 5.74) is 0. The zero-order valence-corrected chi connectivity index (χ0v) is 16.5. The van der Waals surface area contributed by atoms with Crippen LogP contribution in [0.3, 0.4) is 0 Å². The van der Waals surface area contributed by atoms with E-state index in [0.717, 1.165) is 6.42 Å². The molecule has 0 aliphatic carbocycles. The van der Waals surface area contributed by atoms with Gasteiger partial charge in [0, 0.05) is 6.54 Å². The summed E-state index contributed by atoms with van der Waals surface area (Å²) in [5.74, 6) is -0.254. The van der Waals surface area contributed by atoms with Gasteiger partial charge in [-0.1, -0.05) is 103 Å². The van der Waals surface area contributed by atoms with Crippen LogP contribution in [0, 0.1) is 0 Å². The van der Waals surface area contributed by atoms with Gasteiger partial charge >= 0.3 is 0 Å². The molecule has 0 saturated carbocycles. The van der Waals surface area contributed by atoms with Gasteiger partial charge in [0.1, 0.15) is 6.10 Å². The zero-order valence-electron chi connectivity index (χ0n) is 16.5. The summed E-state index contributed by atoms with van der Waals surface area (Å²) in [6.07, 6.45) is 20.8. The summed E-state index contributed by atoms with van der Waals surface area (Å²) in [6, 6.07) is 0. The van der Waals surface area contributed by atoms with Crippen molar-refractivity contribution in [2.75, 3.05) is 6.54 Å². The van der Waals surface area contributed by atoms with E-state index >= 15 is 0 Å². The molecule has 1 atom stereocenters. The standard InChI is InChI=1S/C21H43NO2/c1-3-4-5-6-7-8-9-10-11-12-13-14-15-16-17-18-19-22-21(24)20(2)23/h20,23H,3-19H2,1-2H3,(H,22,24)/t20-/m0/s1. The molecule has 24 heavy (non-hydrogen) atoms. The Labute approximate surface area is 151 Å². The van der Waals surface area contributed by atoms with Gasteiger partial charge in [-0.3, -0.25) is 4.79 Å². The largest absolute Gasteiger partial charge is 0.384 e. The molecule has 0 aliphatic rings. The van der Waals surface area contributed by atoms with Gasteiger partial charge in [0.2, 0.25) is 5.91 Å². The van der Waals surface area contributed by atoms with Gasteiger partial charge in [-0.15, -0.1) is 0 Å². The number of carbonyl (C=O) groups is 1. The maximum Gasteiger partial charge on any atom is 0.248 e. The van der Waals surface area contributed by atoms with Crippen molar-refractivity contribution in [2.45, 2.75) is 123 Å². The van der Waals surface area contributed by atoms with E-state index in [1.54, 1.807) is 0 Å². The first kappa shape index (κ1) is 23.4. The number of aliphatic hydroxyl groups excluding tert-OH is 1. The van der Waals surface area contributed by atoms with Gasteiger partial charge in [0.15, 0.2) is 0 Å². The van der Waals surface area contributed by atoms with Crippen LogP contribution in [0.25, 0.3) is 0 Å². The van der Waals surface area contributed by atoms with Crippen molar-refractivity contribution < 1.29 is 9.90 Å². The summed E-state index contributed by atoms with van der Waals surface area (Å²) < 4.78 is 0. The summed E-state index contributed by atoms with van der Waals surface area (Å²) >= 11 is 0. The van der Waals surface area contributed by atoms with Crippen molar-refractivity contribution in [3.05, 3.63) is 0 Å². The van der Waals surface area contributed by atoms with Crippen molar-refractivity contribution in [1.29, 1.82) is 0 Å². The van der Waals surface area contributed by atoms with Crippen LogP contribution in [0.5, 0.6) is 0 Å². The Hall–Kier alpha value is -0.570. The summed E-state index contributed by atoms with van der Waals surface area (Å²) in [5, 5.41) is 11.8. The summed E-state index contributed by atoms with van der Waals surface area (Å²) in [6.45, 7) is 4.48. The smallest absolute Gasteiger partial charge is 0.248 e. The quantitative estimate of drug-likeness (QED) is 0.312. The molecule has 0 heterocycles. The Bertz CT molecular complexity index is 267. The minimum Gasteiger partial charge on any atom is -0.384 e. The zero-order chi connectivity index (χ0) is 17.9. The molecule has 0 radical (unpaired) electrons.